The predicted octanol–water partition coefficient (Wildman–Crippen LogP) is 2.56. The van der Waals surface area contributed by atoms with Crippen LogP contribution in [0, 0.1) is 11.8 Å². The van der Waals surface area contributed by atoms with E-state index in [1.54, 1.807) is 0 Å². The lowest BCUT2D eigenvalue weighted by Gasteiger charge is -2.32. The zero-order valence-electron chi connectivity index (χ0n) is 8.40. The summed E-state index contributed by atoms with van der Waals surface area (Å²) in [4.78, 5) is 0. The minimum atomic E-state index is 0.426. The average Bonchev–Trinajstić information content (AvgIpc) is 2.62. The van der Waals surface area contributed by atoms with Crippen LogP contribution in [-0.2, 0) is 0 Å². The first-order valence-electron chi connectivity index (χ1n) is 5.43. The minimum absolute atomic E-state index is 0.426. The van der Waals surface area contributed by atoms with E-state index in [1.165, 1.54) is 38.6 Å². The monoisotopic (exact) mass is 167 g/mol. The molecule has 1 heteroatoms. The molecule has 0 atom stereocenters. The van der Waals surface area contributed by atoms with Crippen molar-refractivity contribution in [3.8, 4) is 0 Å². The topological polar surface area (TPSA) is 12.0 Å². The first-order chi connectivity index (χ1) is 5.68. The van der Waals surface area contributed by atoms with Crippen LogP contribution in [0.15, 0.2) is 0 Å². The zero-order valence-corrected chi connectivity index (χ0v) is 8.40. The summed E-state index contributed by atoms with van der Waals surface area (Å²) in [6.07, 6.45) is 7.30. The Bertz CT molecular complexity index is 154. The maximum Gasteiger partial charge on any atom is 0.0153 e. The molecule has 1 N–H and O–H groups in total. The number of rotatable bonds is 4. The van der Waals surface area contributed by atoms with E-state index < -0.39 is 0 Å². The van der Waals surface area contributed by atoms with Crippen molar-refractivity contribution >= 4 is 0 Å². The van der Waals surface area contributed by atoms with Crippen molar-refractivity contribution in [3.63, 3.8) is 0 Å². The van der Waals surface area contributed by atoms with Gasteiger partial charge in [0.2, 0.25) is 0 Å². The van der Waals surface area contributed by atoms with Gasteiger partial charge in [0, 0.05) is 5.54 Å². The lowest BCUT2D eigenvalue weighted by Crippen LogP contribution is -2.44. The summed E-state index contributed by atoms with van der Waals surface area (Å²) in [5.41, 5.74) is 0.426. The molecule has 2 saturated carbocycles. The van der Waals surface area contributed by atoms with Crippen LogP contribution in [0.2, 0.25) is 0 Å². The maximum atomic E-state index is 3.72. The minimum Gasteiger partial charge on any atom is -0.311 e. The van der Waals surface area contributed by atoms with Crippen LogP contribution in [0.25, 0.3) is 0 Å². The van der Waals surface area contributed by atoms with Gasteiger partial charge < -0.3 is 5.32 Å². The van der Waals surface area contributed by atoms with Crippen molar-refractivity contribution < 1.29 is 0 Å². The number of hydrogen-bond donors (Lipinski definition) is 1. The van der Waals surface area contributed by atoms with Crippen LogP contribution >= 0.6 is 0 Å². The average molecular weight is 167 g/mol. The largest absolute Gasteiger partial charge is 0.311 e. The standard InChI is InChI=1S/C11H21N/c1-11(2,10-6-7-10)12-8-9-4-3-5-9/h9-10,12H,3-8H2,1-2H3. The molecule has 70 valence electrons. The van der Waals surface area contributed by atoms with Gasteiger partial charge >= 0.3 is 0 Å². The van der Waals surface area contributed by atoms with Crippen LogP contribution in [0.5, 0.6) is 0 Å². The second-order valence-electron chi connectivity index (χ2n) is 5.17. The summed E-state index contributed by atoms with van der Waals surface area (Å²) in [5, 5.41) is 3.72. The third-order valence-electron chi connectivity index (χ3n) is 3.67. The molecule has 0 heterocycles. The number of hydrogen-bond acceptors (Lipinski definition) is 1. The van der Waals surface area contributed by atoms with E-state index in [0.717, 1.165) is 11.8 Å². The molecule has 0 amide bonds. The molecule has 0 radical (unpaired) electrons. The van der Waals surface area contributed by atoms with Gasteiger partial charge in [-0.2, -0.15) is 0 Å². The van der Waals surface area contributed by atoms with Crippen molar-refractivity contribution in [1.29, 1.82) is 0 Å². The Morgan fingerprint density at radius 1 is 1.17 bits per heavy atom. The lowest BCUT2D eigenvalue weighted by atomic mass is 9.84. The summed E-state index contributed by atoms with van der Waals surface area (Å²) < 4.78 is 0. The van der Waals surface area contributed by atoms with Crippen molar-refractivity contribution in [2.75, 3.05) is 6.54 Å². The Morgan fingerprint density at radius 2 is 1.83 bits per heavy atom. The zero-order chi connectivity index (χ0) is 8.60. The SMILES string of the molecule is CC(C)(NCC1CCC1)C1CC1. The highest BCUT2D eigenvalue weighted by Crippen LogP contribution is 2.39. The second-order valence-corrected chi connectivity index (χ2v) is 5.17. The first-order valence-corrected chi connectivity index (χ1v) is 5.43. The van der Waals surface area contributed by atoms with E-state index in [-0.39, 0.29) is 0 Å². The summed E-state index contributed by atoms with van der Waals surface area (Å²) in [6, 6.07) is 0. The molecule has 2 aliphatic carbocycles. The van der Waals surface area contributed by atoms with Crippen molar-refractivity contribution in [3.05, 3.63) is 0 Å². The highest BCUT2D eigenvalue weighted by molar-refractivity contribution is 4.94. The molecule has 0 bridgehead atoms. The molecular weight excluding hydrogens is 146 g/mol. The molecule has 0 aliphatic heterocycles. The number of nitrogens with one attached hydrogen (secondary N) is 1. The Hall–Kier alpha value is -0.0400. The van der Waals surface area contributed by atoms with Crippen LogP contribution in [0.1, 0.15) is 46.0 Å². The van der Waals surface area contributed by atoms with Crippen LogP contribution < -0.4 is 5.32 Å². The summed E-state index contributed by atoms with van der Waals surface area (Å²) in [5.74, 6) is 1.97. The lowest BCUT2D eigenvalue weighted by molar-refractivity contribution is 0.248. The van der Waals surface area contributed by atoms with Gasteiger partial charge in [-0.25, -0.2) is 0 Å². The maximum absolute atomic E-state index is 3.72. The quantitative estimate of drug-likeness (QED) is 0.678. The molecule has 0 aromatic carbocycles. The Morgan fingerprint density at radius 3 is 2.25 bits per heavy atom. The third-order valence-corrected chi connectivity index (χ3v) is 3.67. The molecule has 0 aromatic rings. The van der Waals surface area contributed by atoms with Crippen LogP contribution in [0.3, 0.4) is 0 Å². The third kappa shape index (κ3) is 1.82. The molecule has 0 unspecified atom stereocenters. The molecule has 12 heavy (non-hydrogen) atoms. The molecule has 2 aliphatic rings. The Labute approximate surface area is 75.9 Å². The molecule has 0 spiro atoms. The van der Waals surface area contributed by atoms with E-state index in [2.05, 4.69) is 19.2 Å². The van der Waals surface area contributed by atoms with Gasteiger partial charge in [-0.1, -0.05) is 6.42 Å². The fraction of sp³-hybridized carbons (Fsp3) is 1.00. The fourth-order valence-electron chi connectivity index (χ4n) is 2.05. The summed E-state index contributed by atoms with van der Waals surface area (Å²) >= 11 is 0. The van der Waals surface area contributed by atoms with Gasteiger partial charge in [0.15, 0.2) is 0 Å². The van der Waals surface area contributed by atoms with E-state index in [1.807, 2.05) is 0 Å². The summed E-state index contributed by atoms with van der Waals surface area (Å²) in [7, 11) is 0. The molecule has 2 fully saturated rings. The molecule has 0 aromatic heterocycles. The van der Waals surface area contributed by atoms with E-state index in [4.69, 9.17) is 0 Å². The highest BCUT2D eigenvalue weighted by atomic mass is 15.0. The molecule has 1 nitrogen and oxygen atoms in total. The van der Waals surface area contributed by atoms with Gasteiger partial charge in [0.05, 0.1) is 0 Å². The van der Waals surface area contributed by atoms with Gasteiger partial charge in [-0.05, 0) is 57.9 Å². The normalized spacial score (nSPS) is 25.5. The van der Waals surface area contributed by atoms with Crippen molar-refractivity contribution in [2.45, 2.75) is 51.5 Å². The van der Waals surface area contributed by atoms with Crippen LogP contribution in [-0.4, -0.2) is 12.1 Å². The van der Waals surface area contributed by atoms with Gasteiger partial charge in [-0.3, -0.25) is 0 Å². The van der Waals surface area contributed by atoms with Gasteiger partial charge in [0.1, 0.15) is 0 Å². The first kappa shape index (κ1) is 8.55. The predicted molar refractivity (Wildman–Crippen MR) is 52.1 cm³/mol. The van der Waals surface area contributed by atoms with Gasteiger partial charge in [-0.15, -0.1) is 0 Å². The van der Waals surface area contributed by atoms with Crippen molar-refractivity contribution in [1.82, 2.24) is 5.32 Å². The highest BCUT2D eigenvalue weighted by Gasteiger charge is 2.37. The molecule has 2 rings (SSSR count). The smallest absolute Gasteiger partial charge is 0.0153 e. The van der Waals surface area contributed by atoms with Gasteiger partial charge in [0.25, 0.3) is 0 Å². The van der Waals surface area contributed by atoms with E-state index in [0.29, 0.717) is 5.54 Å². The second kappa shape index (κ2) is 3.02. The Kier molecular flexibility index (Phi) is 2.16. The molecular formula is C11H21N. The summed E-state index contributed by atoms with van der Waals surface area (Å²) in [6.45, 7) is 6.00. The van der Waals surface area contributed by atoms with Crippen LogP contribution in [0.4, 0.5) is 0 Å². The Balaban J connectivity index is 1.69. The van der Waals surface area contributed by atoms with E-state index >= 15 is 0 Å². The molecule has 0 saturated heterocycles. The van der Waals surface area contributed by atoms with Crippen molar-refractivity contribution in [2.24, 2.45) is 11.8 Å². The fourth-order valence-corrected chi connectivity index (χ4v) is 2.05. The van der Waals surface area contributed by atoms with E-state index in [9.17, 15) is 0 Å².